The largest absolute Gasteiger partial charge is 0.496 e. The van der Waals surface area contributed by atoms with Crippen LogP contribution in [0.25, 0.3) is 33.3 Å². The molecule has 7 heteroatoms. The molecular formula is C27H25N5O2. The number of nitrogen functional groups attached to an aromatic ring is 1. The predicted molar refractivity (Wildman–Crippen MR) is 132 cm³/mol. The second-order valence-corrected chi connectivity index (χ2v) is 8.24. The molecule has 2 aromatic carbocycles. The van der Waals surface area contributed by atoms with E-state index in [1.807, 2.05) is 54.7 Å². The molecule has 5 rings (SSSR count). The monoisotopic (exact) mass is 451 g/mol. The van der Waals surface area contributed by atoms with E-state index in [9.17, 15) is 5.26 Å². The molecule has 0 bridgehead atoms. The first-order valence-corrected chi connectivity index (χ1v) is 11.2. The van der Waals surface area contributed by atoms with Crippen molar-refractivity contribution in [2.45, 2.75) is 6.54 Å². The average molecular weight is 452 g/mol. The van der Waals surface area contributed by atoms with E-state index in [1.165, 1.54) is 5.56 Å². The van der Waals surface area contributed by atoms with E-state index in [2.05, 4.69) is 27.0 Å². The summed E-state index contributed by atoms with van der Waals surface area (Å²) in [5.41, 5.74) is 11.7. The summed E-state index contributed by atoms with van der Waals surface area (Å²) < 4.78 is 11.3. The number of hydrogen-bond donors (Lipinski definition) is 1. The van der Waals surface area contributed by atoms with Gasteiger partial charge in [-0.05, 0) is 35.4 Å². The number of fused-ring (bicyclic) bond motifs is 1. The number of pyridine rings is 2. The molecular weight excluding hydrogens is 426 g/mol. The number of hydrogen-bond acceptors (Lipinski definition) is 7. The zero-order valence-corrected chi connectivity index (χ0v) is 19.0. The minimum atomic E-state index is 0.196. The van der Waals surface area contributed by atoms with E-state index in [-0.39, 0.29) is 5.82 Å². The van der Waals surface area contributed by atoms with Crippen LogP contribution in [0, 0.1) is 11.3 Å². The summed E-state index contributed by atoms with van der Waals surface area (Å²) >= 11 is 0. The molecule has 0 saturated carbocycles. The van der Waals surface area contributed by atoms with Crippen LogP contribution in [0.15, 0.2) is 60.8 Å². The predicted octanol–water partition coefficient (Wildman–Crippen LogP) is 4.26. The lowest BCUT2D eigenvalue weighted by Crippen LogP contribution is -2.35. The molecule has 1 fully saturated rings. The fourth-order valence-electron chi connectivity index (χ4n) is 4.44. The van der Waals surface area contributed by atoms with Crippen LogP contribution >= 0.6 is 0 Å². The summed E-state index contributed by atoms with van der Waals surface area (Å²) in [4.78, 5) is 11.6. The van der Waals surface area contributed by atoms with Gasteiger partial charge in [0.25, 0.3) is 0 Å². The summed E-state index contributed by atoms with van der Waals surface area (Å²) in [6.45, 7) is 4.23. The molecule has 0 atom stereocenters. The van der Waals surface area contributed by atoms with Crippen LogP contribution in [0.4, 0.5) is 5.82 Å². The quantitative estimate of drug-likeness (QED) is 0.484. The van der Waals surface area contributed by atoms with E-state index >= 15 is 0 Å². The summed E-state index contributed by atoms with van der Waals surface area (Å²) in [5, 5.41) is 10.6. The molecule has 0 spiro atoms. The molecule has 34 heavy (non-hydrogen) atoms. The smallest absolute Gasteiger partial charge is 0.142 e. The van der Waals surface area contributed by atoms with Crippen LogP contribution in [-0.4, -0.2) is 48.3 Å². The molecule has 1 aliphatic rings. The zero-order chi connectivity index (χ0) is 23.5. The minimum absolute atomic E-state index is 0.196. The van der Waals surface area contributed by atoms with E-state index in [4.69, 9.17) is 15.2 Å². The molecule has 1 aliphatic heterocycles. The van der Waals surface area contributed by atoms with Gasteiger partial charge in [-0.25, -0.2) is 4.98 Å². The van der Waals surface area contributed by atoms with Crippen molar-refractivity contribution in [1.82, 2.24) is 14.9 Å². The number of rotatable bonds is 5. The number of benzene rings is 2. The Labute approximate surface area is 198 Å². The Morgan fingerprint density at radius 3 is 2.62 bits per heavy atom. The topological polar surface area (TPSA) is 97.3 Å². The molecule has 3 heterocycles. The lowest BCUT2D eigenvalue weighted by molar-refractivity contribution is 0.0342. The molecule has 0 aliphatic carbocycles. The second-order valence-electron chi connectivity index (χ2n) is 8.24. The molecule has 0 unspecified atom stereocenters. The van der Waals surface area contributed by atoms with Gasteiger partial charge in [-0.2, -0.15) is 5.26 Å². The molecule has 4 aromatic rings. The number of nitrogens with two attached hydrogens (primary N) is 1. The maximum Gasteiger partial charge on any atom is 0.142 e. The van der Waals surface area contributed by atoms with Gasteiger partial charge < -0.3 is 15.2 Å². The van der Waals surface area contributed by atoms with E-state index < -0.39 is 0 Å². The molecule has 0 amide bonds. The number of anilines is 1. The lowest BCUT2D eigenvalue weighted by atomic mass is 9.94. The highest BCUT2D eigenvalue weighted by Crippen LogP contribution is 2.41. The van der Waals surface area contributed by atoms with Gasteiger partial charge in [0.2, 0.25) is 0 Å². The average Bonchev–Trinajstić information content (AvgIpc) is 2.88. The fourth-order valence-corrected chi connectivity index (χ4v) is 4.44. The number of methoxy groups -OCH3 is 1. The van der Waals surface area contributed by atoms with E-state index in [0.29, 0.717) is 16.8 Å². The summed E-state index contributed by atoms with van der Waals surface area (Å²) in [5.74, 6) is 0.817. The summed E-state index contributed by atoms with van der Waals surface area (Å²) in [6.07, 6.45) is 1.83. The molecule has 2 aromatic heterocycles. The van der Waals surface area contributed by atoms with Crippen LogP contribution in [0.2, 0.25) is 0 Å². The van der Waals surface area contributed by atoms with Gasteiger partial charge in [-0.15, -0.1) is 0 Å². The molecule has 7 nitrogen and oxygen atoms in total. The number of ether oxygens (including phenoxy) is 2. The first-order chi connectivity index (χ1) is 16.7. The third-order valence-corrected chi connectivity index (χ3v) is 6.10. The third-order valence-electron chi connectivity index (χ3n) is 6.10. The number of nitriles is 1. The van der Waals surface area contributed by atoms with Crippen LogP contribution < -0.4 is 10.5 Å². The van der Waals surface area contributed by atoms with Crippen molar-refractivity contribution in [2.24, 2.45) is 0 Å². The zero-order valence-electron chi connectivity index (χ0n) is 19.0. The van der Waals surface area contributed by atoms with E-state index in [1.54, 1.807) is 7.11 Å². The van der Waals surface area contributed by atoms with Crippen LogP contribution in [0.3, 0.4) is 0 Å². The standard InChI is InChI=1S/C27H25N5O2/c1-33-24-15-20(22-13-18(7-8-30-22)17-32-9-11-34-12-10-32)14-23-26(24)25(19-5-3-2-4-6-19)21(16-28)27(29)31-23/h2-8,13-15H,9-12,17H2,1H3,(H2,29,31). The Morgan fingerprint density at radius 1 is 1.09 bits per heavy atom. The second kappa shape index (κ2) is 9.48. The van der Waals surface area contributed by atoms with Crippen LogP contribution in [-0.2, 0) is 11.3 Å². The van der Waals surface area contributed by atoms with Gasteiger partial charge in [0.05, 0.1) is 36.9 Å². The van der Waals surface area contributed by atoms with Gasteiger partial charge in [-0.1, -0.05) is 30.3 Å². The highest BCUT2D eigenvalue weighted by Gasteiger charge is 2.20. The molecule has 2 N–H and O–H groups in total. The maximum atomic E-state index is 9.85. The van der Waals surface area contributed by atoms with Gasteiger partial charge >= 0.3 is 0 Å². The van der Waals surface area contributed by atoms with Crippen LogP contribution in [0.5, 0.6) is 5.75 Å². The van der Waals surface area contributed by atoms with Gasteiger partial charge in [-0.3, -0.25) is 9.88 Å². The van der Waals surface area contributed by atoms with Crippen molar-refractivity contribution < 1.29 is 9.47 Å². The van der Waals surface area contributed by atoms with Gasteiger partial charge in [0.15, 0.2) is 0 Å². The SMILES string of the molecule is COc1cc(-c2cc(CN3CCOCC3)ccn2)cc2nc(N)c(C#N)c(-c3ccccc3)c12. The van der Waals surface area contributed by atoms with E-state index in [0.717, 1.165) is 60.6 Å². The normalized spacial score (nSPS) is 14.1. The maximum absolute atomic E-state index is 9.85. The Kier molecular flexibility index (Phi) is 6.09. The van der Waals surface area contributed by atoms with Gasteiger partial charge in [0.1, 0.15) is 23.2 Å². The fraction of sp³-hybridized carbons (Fsp3) is 0.222. The van der Waals surface area contributed by atoms with Crippen molar-refractivity contribution in [1.29, 1.82) is 5.26 Å². The summed E-state index contributed by atoms with van der Waals surface area (Å²) in [7, 11) is 1.62. The third kappa shape index (κ3) is 4.17. The number of morpholine rings is 1. The highest BCUT2D eigenvalue weighted by molar-refractivity contribution is 6.04. The Balaban J connectivity index is 1.64. The highest BCUT2D eigenvalue weighted by atomic mass is 16.5. The first-order valence-electron chi connectivity index (χ1n) is 11.2. The number of nitrogens with zero attached hydrogens (tertiary/aromatic N) is 4. The first kappa shape index (κ1) is 21.8. The van der Waals surface area contributed by atoms with Crippen molar-refractivity contribution in [2.75, 3.05) is 39.1 Å². The van der Waals surface area contributed by atoms with Crippen molar-refractivity contribution in [3.8, 4) is 34.2 Å². The molecule has 170 valence electrons. The minimum Gasteiger partial charge on any atom is -0.496 e. The Hall–Kier alpha value is -3.99. The van der Waals surface area contributed by atoms with Gasteiger partial charge in [0, 0.05) is 37.0 Å². The Bertz CT molecular complexity index is 1380. The van der Waals surface area contributed by atoms with Crippen molar-refractivity contribution >= 4 is 16.7 Å². The summed E-state index contributed by atoms with van der Waals surface area (Å²) in [6, 6.07) is 20.0. The van der Waals surface area contributed by atoms with Crippen molar-refractivity contribution in [3.63, 3.8) is 0 Å². The van der Waals surface area contributed by atoms with Crippen molar-refractivity contribution in [3.05, 3.63) is 71.9 Å². The molecule has 1 saturated heterocycles. The Morgan fingerprint density at radius 2 is 1.88 bits per heavy atom. The number of aromatic nitrogens is 2. The van der Waals surface area contributed by atoms with Crippen LogP contribution in [0.1, 0.15) is 11.1 Å². The molecule has 0 radical (unpaired) electrons. The lowest BCUT2D eigenvalue weighted by Gasteiger charge is -2.26.